The predicted molar refractivity (Wildman–Crippen MR) is 121 cm³/mol. The van der Waals surface area contributed by atoms with E-state index in [2.05, 4.69) is 14.9 Å². The molecule has 2 aliphatic heterocycles. The summed E-state index contributed by atoms with van der Waals surface area (Å²) in [6.45, 7) is 9.10. The highest BCUT2D eigenvalue weighted by molar-refractivity contribution is 5.92. The predicted octanol–water partition coefficient (Wildman–Crippen LogP) is 3.05. The van der Waals surface area contributed by atoms with Crippen LogP contribution in [0.4, 0.5) is 10.6 Å². The molecule has 8 nitrogen and oxygen atoms in total. The van der Waals surface area contributed by atoms with Crippen molar-refractivity contribution in [1.29, 1.82) is 0 Å². The summed E-state index contributed by atoms with van der Waals surface area (Å²) in [5.74, 6) is 1.29. The van der Waals surface area contributed by atoms with Crippen molar-refractivity contribution in [2.45, 2.75) is 32.9 Å². The van der Waals surface area contributed by atoms with Gasteiger partial charge in [-0.05, 0) is 26.3 Å². The standard InChI is InChI=1S/C24H31N5O3/c1-24(2,3)32-23(31)29-15-18-13-28(14-19(18)16-29)21-11-25-10-20(26-21)22(30)27(4)12-17-8-6-5-7-9-17/h5-11,18-19H,12-16H2,1-4H3/t18-,19+. The van der Waals surface area contributed by atoms with E-state index >= 15 is 0 Å². The number of ether oxygens (including phenoxy) is 1. The number of carbonyl (C=O) groups is 2. The van der Waals surface area contributed by atoms with Gasteiger partial charge in [-0.25, -0.2) is 9.78 Å². The van der Waals surface area contributed by atoms with Crippen molar-refractivity contribution in [3.05, 3.63) is 54.0 Å². The number of benzene rings is 1. The summed E-state index contributed by atoms with van der Waals surface area (Å²) >= 11 is 0. The Morgan fingerprint density at radius 1 is 1.06 bits per heavy atom. The molecule has 3 heterocycles. The maximum atomic E-state index is 12.9. The maximum absolute atomic E-state index is 12.9. The van der Waals surface area contributed by atoms with E-state index in [0.29, 0.717) is 43.0 Å². The van der Waals surface area contributed by atoms with Crippen LogP contribution in [0, 0.1) is 11.8 Å². The summed E-state index contributed by atoms with van der Waals surface area (Å²) < 4.78 is 5.51. The molecular weight excluding hydrogens is 406 g/mol. The lowest BCUT2D eigenvalue weighted by molar-refractivity contribution is 0.0282. The van der Waals surface area contributed by atoms with Crippen LogP contribution in [0.5, 0.6) is 0 Å². The van der Waals surface area contributed by atoms with Gasteiger partial charge in [0.25, 0.3) is 5.91 Å². The first-order valence-corrected chi connectivity index (χ1v) is 11.0. The zero-order valence-corrected chi connectivity index (χ0v) is 19.2. The second kappa shape index (κ2) is 8.76. The van der Waals surface area contributed by atoms with Gasteiger partial charge in [0.15, 0.2) is 0 Å². The summed E-state index contributed by atoms with van der Waals surface area (Å²) in [5.41, 5.74) is 0.916. The number of hydrogen-bond donors (Lipinski definition) is 0. The zero-order valence-electron chi connectivity index (χ0n) is 19.2. The third-order valence-electron chi connectivity index (χ3n) is 5.91. The smallest absolute Gasteiger partial charge is 0.410 e. The lowest BCUT2D eigenvalue weighted by atomic mass is 10.0. The van der Waals surface area contributed by atoms with Crippen molar-refractivity contribution >= 4 is 17.8 Å². The quantitative estimate of drug-likeness (QED) is 0.732. The van der Waals surface area contributed by atoms with Crippen LogP contribution in [0.1, 0.15) is 36.8 Å². The molecule has 1 aromatic carbocycles. The number of carbonyl (C=O) groups excluding carboxylic acids is 2. The highest BCUT2D eigenvalue weighted by atomic mass is 16.6. The Morgan fingerprint density at radius 3 is 2.34 bits per heavy atom. The van der Waals surface area contributed by atoms with Crippen molar-refractivity contribution in [2.75, 3.05) is 38.1 Å². The summed E-state index contributed by atoms with van der Waals surface area (Å²) in [6.07, 6.45) is 2.99. The van der Waals surface area contributed by atoms with Crippen molar-refractivity contribution < 1.29 is 14.3 Å². The first-order chi connectivity index (χ1) is 15.2. The number of fused-ring (bicyclic) bond motifs is 1. The molecule has 8 heteroatoms. The largest absolute Gasteiger partial charge is 0.444 e. The van der Waals surface area contributed by atoms with Crippen LogP contribution >= 0.6 is 0 Å². The Labute approximate surface area is 189 Å². The molecule has 32 heavy (non-hydrogen) atoms. The van der Waals surface area contributed by atoms with Gasteiger partial charge in [-0.15, -0.1) is 0 Å². The van der Waals surface area contributed by atoms with Crippen LogP contribution in [0.3, 0.4) is 0 Å². The monoisotopic (exact) mass is 437 g/mol. The fraction of sp³-hybridized carbons (Fsp3) is 0.500. The van der Waals surface area contributed by atoms with Gasteiger partial charge in [0, 0.05) is 51.6 Å². The highest BCUT2D eigenvalue weighted by Crippen LogP contribution is 2.33. The minimum Gasteiger partial charge on any atom is -0.444 e. The molecule has 0 aliphatic carbocycles. The van der Waals surface area contributed by atoms with Crippen LogP contribution in [-0.4, -0.2) is 70.6 Å². The van der Waals surface area contributed by atoms with Gasteiger partial charge in [0.05, 0.1) is 12.4 Å². The van der Waals surface area contributed by atoms with Crippen molar-refractivity contribution in [1.82, 2.24) is 19.8 Å². The Morgan fingerprint density at radius 2 is 1.72 bits per heavy atom. The zero-order chi connectivity index (χ0) is 22.9. The van der Waals surface area contributed by atoms with Crippen molar-refractivity contribution in [2.24, 2.45) is 11.8 Å². The Balaban J connectivity index is 1.37. The topological polar surface area (TPSA) is 78.9 Å². The Kier molecular flexibility index (Phi) is 6.04. The van der Waals surface area contributed by atoms with Gasteiger partial charge in [-0.2, -0.15) is 0 Å². The highest BCUT2D eigenvalue weighted by Gasteiger charge is 2.43. The van der Waals surface area contributed by atoms with Crippen LogP contribution in [0.25, 0.3) is 0 Å². The Bertz CT molecular complexity index is 961. The molecule has 2 aromatic rings. The minimum absolute atomic E-state index is 0.154. The molecule has 2 atom stereocenters. The number of anilines is 1. The summed E-state index contributed by atoms with van der Waals surface area (Å²) in [7, 11) is 1.77. The van der Waals surface area contributed by atoms with E-state index in [4.69, 9.17) is 4.74 Å². The summed E-state index contributed by atoms with van der Waals surface area (Å²) in [6, 6.07) is 9.87. The second-order valence-corrected chi connectivity index (χ2v) is 9.72. The van der Waals surface area contributed by atoms with E-state index in [0.717, 1.165) is 18.7 Å². The number of likely N-dealkylation sites (tertiary alicyclic amines) is 1. The van der Waals surface area contributed by atoms with E-state index in [-0.39, 0.29) is 12.0 Å². The van der Waals surface area contributed by atoms with Crippen molar-refractivity contribution in [3.8, 4) is 0 Å². The average molecular weight is 438 g/mol. The molecule has 0 bridgehead atoms. The fourth-order valence-electron chi connectivity index (χ4n) is 4.39. The first kappa shape index (κ1) is 22.0. The molecule has 2 aliphatic rings. The molecule has 2 amide bonds. The van der Waals surface area contributed by atoms with Crippen LogP contribution in [0.15, 0.2) is 42.7 Å². The number of hydrogen-bond acceptors (Lipinski definition) is 6. The maximum Gasteiger partial charge on any atom is 0.410 e. The van der Waals surface area contributed by atoms with E-state index in [9.17, 15) is 9.59 Å². The van der Waals surface area contributed by atoms with Gasteiger partial charge in [-0.1, -0.05) is 30.3 Å². The van der Waals surface area contributed by atoms with Gasteiger partial charge >= 0.3 is 6.09 Å². The molecule has 0 spiro atoms. The van der Waals surface area contributed by atoms with Gasteiger partial charge in [0.1, 0.15) is 17.1 Å². The lowest BCUT2D eigenvalue weighted by Crippen LogP contribution is -2.37. The third-order valence-corrected chi connectivity index (χ3v) is 5.91. The van der Waals surface area contributed by atoms with Crippen molar-refractivity contribution in [3.63, 3.8) is 0 Å². The average Bonchev–Trinajstić information content (AvgIpc) is 3.32. The third kappa shape index (κ3) is 5.00. The van der Waals surface area contributed by atoms with Gasteiger partial charge < -0.3 is 19.4 Å². The molecule has 0 N–H and O–H groups in total. The molecule has 0 radical (unpaired) electrons. The Hall–Kier alpha value is -3.16. The SMILES string of the molecule is CN(Cc1ccccc1)C(=O)c1cncc(N2C[C@H]3CN(C(=O)OC(C)(C)C)C[C@H]3C2)n1. The van der Waals surface area contributed by atoms with E-state index in [1.165, 1.54) is 6.20 Å². The molecule has 4 rings (SSSR count). The number of aromatic nitrogens is 2. The van der Waals surface area contributed by atoms with Crippen LogP contribution in [-0.2, 0) is 11.3 Å². The summed E-state index contributed by atoms with van der Waals surface area (Å²) in [4.78, 5) is 39.8. The van der Waals surface area contributed by atoms with Crippen LogP contribution in [0.2, 0.25) is 0 Å². The van der Waals surface area contributed by atoms with E-state index in [1.807, 2.05) is 56.0 Å². The van der Waals surface area contributed by atoms with Gasteiger partial charge in [-0.3, -0.25) is 9.78 Å². The molecule has 0 saturated carbocycles. The number of nitrogens with zero attached hydrogens (tertiary/aromatic N) is 5. The number of amides is 2. The molecule has 2 saturated heterocycles. The van der Waals surface area contributed by atoms with E-state index in [1.54, 1.807) is 18.1 Å². The molecule has 1 aromatic heterocycles. The van der Waals surface area contributed by atoms with E-state index < -0.39 is 5.60 Å². The molecule has 170 valence electrons. The number of rotatable bonds is 4. The van der Waals surface area contributed by atoms with Crippen LogP contribution < -0.4 is 4.90 Å². The molecule has 2 fully saturated rings. The van der Waals surface area contributed by atoms with Gasteiger partial charge in [0.2, 0.25) is 0 Å². The minimum atomic E-state index is -0.489. The second-order valence-electron chi connectivity index (χ2n) is 9.72. The first-order valence-electron chi connectivity index (χ1n) is 11.0. The normalized spacial score (nSPS) is 20.2. The molecule has 0 unspecified atom stereocenters. The summed E-state index contributed by atoms with van der Waals surface area (Å²) in [5, 5.41) is 0. The lowest BCUT2D eigenvalue weighted by Gasteiger charge is -2.26. The fourth-order valence-corrected chi connectivity index (χ4v) is 4.39. The molecular formula is C24H31N5O3.